The maximum absolute atomic E-state index is 11.8. The van der Waals surface area contributed by atoms with Crippen molar-refractivity contribution in [3.8, 4) is 17.2 Å². The summed E-state index contributed by atoms with van der Waals surface area (Å²) in [6.45, 7) is 0. The molecule has 0 spiro atoms. The highest BCUT2D eigenvalue weighted by Crippen LogP contribution is 2.24. The van der Waals surface area contributed by atoms with Crippen molar-refractivity contribution in [1.82, 2.24) is 0 Å². The minimum Gasteiger partial charge on any atom is -0.508 e. The van der Waals surface area contributed by atoms with Gasteiger partial charge in [0.25, 0.3) is 0 Å². The zero-order valence-corrected chi connectivity index (χ0v) is 10.1. The van der Waals surface area contributed by atoms with Gasteiger partial charge in [-0.15, -0.1) is 0 Å². The second kappa shape index (κ2) is 5.31. The highest BCUT2D eigenvalue weighted by molar-refractivity contribution is 5.94. The number of esters is 1. The summed E-state index contributed by atoms with van der Waals surface area (Å²) < 4.78 is 4.98. The van der Waals surface area contributed by atoms with E-state index in [-0.39, 0.29) is 22.6 Å². The monoisotopic (exact) mass is 274 g/mol. The van der Waals surface area contributed by atoms with E-state index >= 15 is 0 Å². The summed E-state index contributed by atoms with van der Waals surface area (Å²) in [4.78, 5) is 22.5. The van der Waals surface area contributed by atoms with E-state index in [2.05, 4.69) is 0 Å². The van der Waals surface area contributed by atoms with Crippen LogP contribution in [0.15, 0.2) is 42.5 Å². The van der Waals surface area contributed by atoms with Crippen molar-refractivity contribution in [3.63, 3.8) is 0 Å². The third-order valence-electron chi connectivity index (χ3n) is 2.51. The molecule has 0 atom stereocenters. The number of aromatic hydroxyl groups is 2. The first-order valence-corrected chi connectivity index (χ1v) is 5.55. The minimum absolute atomic E-state index is 0.0669. The van der Waals surface area contributed by atoms with E-state index in [0.29, 0.717) is 0 Å². The second-order valence-electron chi connectivity index (χ2n) is 3.92. The fourth-order valence-corrected chi connectivity index (χ4v) is 1.52. The molecule has 0 radical (unpaired) electrons. The van der Waals surface area contributed by atoms with Gasteiger partial charge in [0.15, 0.2) is 0 Å². The number of ether oxygens (including phenoxy) is 1. The molecule has 0 aliphatic rings. The molecule has 2 rings (SSSR count). The molecule has 0 bridgehead atoms. The van der Waals surface area contributed by atoms with Crippen molar-refractivity contribution < 1.29 is 29.6 Å². The van der Waals surface area contributed by atoms with E-state index in [9.17, 15) is 14.7 Å². The largest absolute Gasteiger partial charge is 0.508 e. The molecule has 2 aromatic rings. The van der Waals surface area contributed by atoms with Crippen LogP contribution in [0, 0.1) is 0 Å². The van der Waals surface area contributed by atoms with Crippen molar-refractivity contribution in [1.29, 1.82) is 0 Å². The Morgan fingerprint density at radius 1 is 0.950 bits per heavy atom. The Kier molecular flexibility index (Phi) is 3.56. The maximum atomic E-state index is 11.8. The van der Waals surface area contributed by atoms with Gasteiger partial charge < -0.3 is 20.1 Å². The van der Waals surface area contributed by atoms with Gasteiger partial charge in [-0.2, -0.15) is 0 Å². The van der Waals surface area contributed by atoms with Gasteiger partial charge in [-0.3, -0.25) is 0 Å². The Morgan fingerprint density at radius 2 is 1.60 bits per heavy atom. The van der Waals surface area contributed by atoms with Gasteiger partial charge in [0, 0.05) is 6.07 Å². The SMILES string of the molecule is O=C(O)c1ccc(OC(=O)c2ccc(O)cc2O)cc1. The Bertz CT molecular complexity index is 660. The van der Waals surface area contributed by atoms with Crippen LogP contribution in [0.4, 0.5) is 0 Å². The standard InChI is InChI=1S/C14H10O6/c15-9-3-6-11(12(16)7-9)14(19)20-10-4-1-8(2-5-10)13(17)18/h1-7,15-16H,(H,17,18). The van der Waals surface area contributed by atoms with Gasteiger partial charge in [-0.25, -0.2) is 9.59 Å². The number of aromatic carboxylic acids is 1. The van der Waals surface area contributed by atoms with Gasteiger partial charge in [0.2, 0.25) is 0 Å². The molecule has 0 heterocycles. The van der Waals surface area contributed by atoms with E-state index in [1.54, 1.807) is 0 Å². The van der Waals surface area contributed by atoms with E-state index in [1.165, 1.54) is 36.4 Å². The molecule has 0 fully saturated rings. The summed E-state index contributed by atoms with van der Waals surface area (Å²) in [6, 6.07) is 8.73. The quantitative estimate of drug-likeness (QED) is 0.584. The number of carbonyl (C=O) groups excluding carboxylic acids is 1. The summed E-state index contributed by atoms with van der Waals surface area (Å²) in [5, 5.41) is 27.4. The van der Waals surface area contributed by atoms with Gasteiger partial charge >= 0.3 is 11.9 Å². The molecule has 0 aliphatic heterocycles. The number of hydrogen-bond acceptors (Lipinski definition) is 5. The van der Waals surface area contributed by atoms with Crippen LogP contribution in [0.1, 0.15) is 20.7 Å². The Hall–Kier alpha value is -3.02. The summed E-state index contributed by atoms with van der Waals surface area (Å²) in [5.74, 6) is -2.33. The number of phenols is 2. The van der Waals surface area contributed by atoms with Crippen molar-refractivity contribution in [2.75, 3.05) is 0 Å². The van der Waals surface area contributed by atoms with Crippen molar-refractivity contribution in [2.24, 2.45) is 0 Å². The Labute approximate surface area is 113 Å². The van der Waals surface area contributed by atoms with E-state index < -0.39 is 17.7 Å². The molecule has 0 aromatic heterocycles. The van der Waals surface area contributed by atoms with Crippen molar-refractivity contribution >= 4 is 11.9 Å². The summed E-state index contributed by atoms with van der Waals surface area (Å²) >= 11 is 0. The van der Waals surface area contributed by atoms with Crippen LogP contribution >= 0.6 is 0 Å². The van der Waals surface area contributed by atoms with Crippen LogP contribution in [0.3, 0.4) is 0 Å². The third kappa shape index (κ3) is 2.86. The molecule has 0 aliphatic carbocycles. The highest BCUT2D eigenvalue weighted by atomic mass is 16.5. The van der Waals surface area contributed by atoms with Crippen LogP contribution in [-0.4, -0.2) is 27.3 Å². The van der Waals surface area contributed by atoms with Crippen LogP contribution in [0.5, 0.6) is 17.2 Å². The summed E-state index contributed by atoms with van der Waals surface area (Å²) in [7, 11) is 0. The first-order valence-electron chi connectivity index (χ1n) is 5.55. The lowest BCUT2D eigenvalue weighted by Crippen LogP contribution is -2.08. The van der Waals surface area contributed by atoms with E-state index in [0.717, 1.165) is 6.07 Å². The molecule has 0 saturated carbocycles. The first-order chi connectivity index (χ1) is 9.47. The second-order valence-corrected chi connectivity index (χ2v) is 3.92. The molecule has 102 valence electrons. The average Bonchev–Trinajstić information content (AvgIpc) is 2.39. The molecular weight excluding hydrogens is 264 g/mol. The molecule has 0 saturated heterocycles. The van der Waals surface area contributed by atoms with Gasteiger partial charge in [0.05, 0.1) is 5.56 Å². The summed E-state index contributed by atoms with van der Waals surface area (Å²) in [6.07, 6.45) is 0. The molecule has 6 heteroatoms. The highest BCUT2D eigenvalue weighted by Gasteiger charge is 2.14. The maximum Gasteiger partial charge on any atom is 0.347 e. The number of phenolic OH excluding ortho intramolecular Hbond substituents is 2. The first kappa shape index (κ1) is 13.4. The average molecular weight is 274 g/mol. The Morgan fingerprint density at radius 3 is 2.15 bits per heavy atom. The van der Waals surface area contributed by atoms with E-state index in [1.807, 2.05) is 0 Å². The molecule has 0 amide bonds. The number of hydrogen-bond donors (Lipinski definition) is 3. The van der Waals surface area contributed by atoms with E-state index in [4.69, 9.17) is 14.9 Å². The van der Waals surface area contributed by atoms with Crippen LogP contribution in [0.25, 0.3) is 0 Å². The zero-order chi connectivity index (χ0) is 14.7. The van der Waals surface area contributed by atoms with Gasteiger partial charge in [-0.05, 0) is 36.4 Å². The van der Waals surface area contributed by atoms with Crippen molar-refractivity contribution in [3.05, 3.63) is 53.6 Å². The lowest BCUT2D eigenvalue weighted by Gasteiger charge is -2.06. The summed E-state index contributed by atoms with van der Waals surface area (Å²) in [5.41, 5.74) is -0.0395. The van der Waals surface area contributed by atoms with Gasteiger partial charge in [0.1, 0.15) is 22.8 Å². The predicted molar refractivity (Wildman–Crippen MR) is 68.1 cm³/mol. The van der Waals surface area contributed by atoms with Crippen molar-refractivity contribution in [2.45, 2.75) is 0 Å². The van der Waals surface area contributed by atoms with Crippen LogP contribution in [0.2, 0.25) is 0 Å². The molecule has 6 nitrogen and oxygen atoms in total. The predicted octanol–water partition coefficient (Wildman–Crippen LogP) is 2.02. The Balaban J connectivity index is 2.17. The lowest BCUT2D eigenvalue weighted by atomic mass is 10.2. The molecular formula is C14H10O6. The number of carboxylic acids is 1. The normalized spacial score (nSPS) is 10.0. The topological polar surface area (TPSA) is 104 Å². The molecule has 3 N–H and O–H groups in total. The third-order valence-corrected chi connectivity index (χ3v) is 2.51. The van der Waals surface area contributed by atoms with Crippen LogP contribution in [-0.2, 0) is 0 Å². The number of benzene rings is 2. The lowest BCUT2D eigenvalue weighted by molar-refractivity contribution is 0.0696. The fourth-order valence-electron chi connectivity index (χ4n) is 1.52. The molecule has 0 unspecified atom stereocenters. The molecule has 20 heavy (non-hydrogen) atoms. The smallest absolute Gasteiger partial charge is 0.347 e. The minimum atomic E-state index is -1.08. The van der Waals surface area contributed by atoms with Gasteiger partial charge in [-0.1, -0.05) is 0 Å². The number of rotatable bonds is 3. The number of carbonyl (C=O) groups is 2. The molecule has 2 aromatic carbocycles. The number of carboxylic acid groups (broad SMARTS) is 1. The van der Waals surface area contributed by atoms with Crippen LogP contribution < -0.4 is 4.74 Å². The fraction of sp³-hybridized carbons (Fsp3) is 0. The zero-order valence-electron chi connectivity index (χ0n) is 10.1.